The number of benzene rings is 1. The summed E-state index contributed by atoms with van der Waals surface area (Å²) in [6, 6.07) is 8.32. The van der Waals surface area contributed by atoms with Crippen LogP contribution in [0.4, 0.5) is 0 Å². The predicted octanol–water partition coefficient (Wildman–Crippen LogP) is 4.09. The largest absolute Gasteiger partial charge is 0.295 e. The number of thiazole rings is 1. The van der Waals surface area contributed by atoms with Gasteiger partial charge in [-0.1, -0.05) is 22.0 Å². The number of hydrogen-bond donors (Lipinski definition) is 0. The molecule has 0 radical (unpaired) electrons. The van der Waals surface area contributed by atoms with Crippen LogP contribution in [-0.2, 0) is 13.1 Å². The Hall–Kier alpha value is -1.30. The monoisotopic (exact) mass is 347 g/mol. The first-order chi connectivity index (χ1) is 9.72. The lowest BCUT2D eigenvalue weighted by Gasteiger charge is -2.16. The number of rotatable bonds is 4. The van der Waals surface area contributed by atoms with Crippen molar-refractivity contribution in [2.75, 3.05) is 7.05 Å². The third kappa shape index (κ3) is 3.06. The summed E-state index contributed by atoms with van der Waals surface area (Å²) in [5.41, 5.74) is 2.30. The Bertz CT molecular complexity index is 712. The summed E-state index contributed by atoms with van der Waals surface area (Å²) in [4.78, 5) is 11.1. The standard InChI is InChI=1S/C15H14BrN3S/c1-19(10-14-17-5-6-20-14)9-12-8-13(16)7-11-3-2-4-18-15(11)12/h2-8H,9-10H2,1H3. The Morgan fingerprint density at radius 2 is 2.10 bits per heavy atom. The summed E-state index contributed by atoms with van der Waals surface area (Å²) in [5.74, 6) is 0. The van der Waals surface area contributed by atoms with E-state index in [1.165, 1.54) is 10.9 Å². The van der Waals surface area contributed by atoms with Crippen LogP contribution in [0.5, 0.6) is 0 Å². The average molecular weight is 348 g/mol. The summed E-state index contributed by atoms with van der Waals surface area (Å²) in [6.07, 6.45) is 3.70. The second-order valence-corrected chi connectivity index (χ2v) is 6.63. The maximum Gasteiger partial charge on any atom is 0.107 e. The van der Waals surface area contributed by atoms with Crippen LogP contribution in [-0.4, -0.2) is 21.9 Å². The third-order valence-electron chi connectivity index (χ3n) is 3.08. The van der Waals surface area contributed by atoms with Crippen molar-refractivity contribution in [2.24, 2.45) is 0 Å². The summed E-state index contributed by atoms with van der Waals surface area (Å²) in [5, 5.41) is 4.32. The molecule has 0 aliphatic heterocycles. The number of fused-ring (bicyclic) bond motifs is 1. The van der Waals surface area contributed by atoms with Crippen LogP contribution < -0.4 is 0 Å². The first-order valence-electron chi connectivity index (χ1n) is 6.32. The second kappa shape index (κ2) is 5.99. The quantitative estimate of drug-likeness (QED) is 0.711. The average Bonchev–Trinajstić information content (AvgIpc) is 2.91. The molecule has 3 rings (SSSR count). The van der Waals surface area contributed by atoms with Crippen molar-refractivity contribution in [1.82, 2.24) is 14.9 Å². The van der Waals surface area contributed by atoms with Gasteiger partial charge in [-0.3, -0.25) is 9.88 Å². The number of nitrogens with zero attached hydrogens (tertiary/aromatic N) is 3. The summed E-state index contributed by atoms with van der Waals surface area (Å²) >= 11 is 5.27. The van der Waals surface area contributed by atoms with E-state index in [1.54, 1.807) is 11.3 Å². The first-order valence-corrected chi connectivity index (χ1v) is 8.00. The highest BCUT2D eigenvalue weighted by atomic mass is 79.9. The van der Waals surface area contributed by atoms with Crippen LogP contribution in [0.3, 0.4) is 0 Å². The third-order valence-corrected chi connectivity index (χ3v) is 4.30. The molecule has 0 spiro atoms. The molecule has 0 unspecified atom stereocenters. The van der Waals surface area contributed by atoms with E-state index in [1.807, 2.05) is 23.8 Å². The molecule has 0 atom stereocenters. The van der Waals surface area contributed by atoms with Gasteiger partial charge in [-0.15, -0.1) is 11.3 Å². The molecule has 0 aliphatic rings. The van der Waals surface area contributed by atoms with Crippen molar-refractivity contribution in [3.8, 4) is 0 Å². The molecule has 2 aromatic heterocycles. The van der Waals surface area contributed by atoms with Gasteiger partial charge in [0.2, 0.25) is 0 Å². The van der Waals surface area contributed by atoms with Gasteiger partial charge in [-0.25, -0.2) is 4.98 Å². The van der Waals surface area contributed by atoms with Crippen LogP contribution in [0.15, 0.2) is 46.5 Å². The van der Waals surface area contributed by atoms with Crippen LogP contribution >= 0.6 is 27.3 Å². The van der Waals surface area contributed by atoms with Crippen molar-refractivity contribution >= 4 is 38.2 Å². The molecule has 0 saturated carbocycles. The molecule has 102 valence electrons. The van der Waals surface area contributed by atoms with E-state index in [9.17, 15) is 0 Å². The van der Waals surface area contributed by atoms with E-state index in [0.717, 1.165) is 28.1 Å². The van der Waals surface area contributed by atoms with Crippen molar-refractivity contribution in [1.29, 1.82) is 0 Å². The van der Waals surface area contributed by atoms with Crippen molar-refractivity contribution < 1.29 is 0 Å². The van der Waals surface area contributed by atoms with Gasteiger partial charge in [-0.05, 0) is 30.8 Å². The lowest BCUT2D eigenvalue weighted by Crippen LogP contribution is -2.17. The van der Waals surface area contributed by atoms with Gasteiger partial charge in [-0.2, -0.15) is 0 Å². The minimum Gasteiger partial charge on any atom is -0.295 e. The first kappa shape index (κ1) is 13.7. The molecule has 3 aromatic rings. The number of halogens is 1. The normalized spacial score (nSPS) is 11.3. The molecule has 5 heteroatoms. The Morgan fingerprint density at radius 1 is 1.20 bits per heavy atom. The van der Waals surface area contributed by atoms with E-state index < -0.39 is 0 Å². The fourth-order valence-corrected chi connectivity index (χ4v) is 3.48. The lowest BCUT2D eigenvalue weighted by molar-refractivity contribution is 0.319. The molecule has 0 N–H and O–H groups in total. The fraction of sp³-hybridized carbons (Fsp3) is 0.200. The van der Waals surface area contributed by atoms with Gasteiger partial charge in [0.15, 0.2) is 0 Å². The molecule has 20 heavy (non-hydrogen) atoms. The smallest absolute Gasteiger partial charge is 0.107 e. The summed E-state index contributed by atoms with van der Waals surface area (Å²) in [7, 11) is 2.11. The van der Waals surface area contributed by atoms with Gasteiger partial charge in [0.05, 0.1) is 12.1 Å². The summed E-state index contributed by atoms with van der Waals surface area (Å²) in [6.45, 7) is 1.71. The SMILES string of the molecule is CN(Cc1nccs1)Cc1cc(Br)cc2cccnc12. The Morgan fingerprint density at radius 3 is 2.90 bits per heavy atom. The molecule has 1 aromatic carbocycles. The Balaban J connectivity index is 1.86. The highest BCUT2D eigenvalue weighted by Crippen LogP contribution is 2.24. The van der Waals surface area contributed by atoms with Crippen LogP contribution in [0.1, 0.15) is 10.6 Å². The number of pyridine rings is 1. The van der Waals surface area contributed by atoms with E-state index in [0.29, 0.717) is 0 Å². The van der Waals surface area contributed by atoms with Gasteiger partial charge in [0.1, 0.15) is 5.01 Å². The van der Waals surface area contributed by atoms with E-state index >= 15 is 0 Å². The van der Waals surface area contributed by atoms with Crippen molar-refractivity contribution in [2.45, 2.75) is 13.1 Å². The van der Waals surface area contributed by atoms with E-state index in [-0.39, 0.29) is 0 Å². The molecule has 2 heterocycles. The van der Waals surface area contributed by atoms with Crippen LogP contribution in [0, 0.1) is 0 Å². The van der Waals surface area contributed by atoms with Crippen molar-refractivity contribution in [3.63, 3.8) is 0 Å². The van der Waals surface area contributed by atoms with Crippen molar-refractivity contribution in [3.05, 3.63) is 57.1 Å². The molecule has 3 nitrogen and oxygen atoms in total. The Kier molecular flexibility index (Phi) is 4.10. The highest BCUT2D eigenvalue weighted by molar-refractivity contribution is 9.10. The zero-order chi connectivity index (χ0) is 13.9. The van der Waals surface area contributed by atoms with Crippen LogP contribution in [0.25, 0.3) is 10.9 Å². The topological polar surface area (TPSA) is 29.0 Å². The zero-order valence-corrected chi connectivity index (χ0v) is 13.5. The molecule has 0 fully saturated rings. The van der Waals surface area contributed by atoms with E-state index in [2.05, 4.69) is 56.0 Å². The molecular formula is C15H14BrN3S. The van der Waals surface area contributed by atoms with Gasteiger partial charge in [0.25, 0.3) is 0 Å². The Labute approximate surface area is 130 Å². The molecule has 0 saturated heterocycles. The zero-order valence-electron chi connectivity index (χ0n) is 11.1. The molecule has 0 bridgehead atoms. The predicted molar refractivity (Wildman–Crippen MR) is 86.7 cm³/mol. The molecule has 0 aliphatic carbocycles. The van der Waals surface area contributed by atoms with Gasteiger partial charge >= 0.3 is 0 Å². The maximum absolute atomic E-state index is 4.51. The van der Waals surface area contributed by atoms with E-state index in [4.69, 9.17) is 0 Å². The minimum absolute atomic E-state index is 0.854. The highest BCUT2D eigenvalue weighted by Gasteiger charge is 2.08. The second-order valence-electron chi connectivity index (χ2n) is 4.74. The number of hydrogen-bond acceptors (Lipinski definition) is 4. The molecular weight excluding hydrogens is 334 g/mol. The lowest BCUT2D eigenvalue weighted by atomic mass is 10.1. The van der Waals surface area contributed by atoms with Gasteiger partial charge < -0.3 is 0 Å². The molecule has 0 amide bonds. The summed E-state index contributed by atoms with van der Waals surface area (Å²) < 4.78 is 1.09. The number of aromatic nitrogens is 2. The van der Waals surface area contributed by atoms with Gasteiger partial charge in [0, 0.05) is 34.2 Å². The fourth-order valence-electron chi connectivity index (χ4n) is 2.26. The maximum atomic E-state index is 4.51. The minimum atomic E-state index is 0.854. The van der Waals surface area contributed by atoms with Crippen LogP contribution in [0.2, 0.25) is 0 Å².